The molecule has 0 unspecified atom stereocenters. The topological polar surface area (TPSA) is 176 Å². The van der Waals surface area contributed by atoms with Crippen molar-refractivity contribution in [3.63, 3.8) is 0 Å². The second kappa shape index (κ2) is 15.0. The van der Waals surface area contributed by atoms with Crippen LogP contribution in [0.5, 0.6) is 5.75 Å². The number of fused-ring (bicyclic) bond motifs is 1. The predicted molar refractivity (Wildman–Crippen MR) is 159 cm³/mol. The first-order chi connectivity index (χ1) is 16.6. The summed E-state index contributed by atoms with van der Waals surface area (Å²) in [7, 11) is 3.86. The van der Waals surface area contributed by atoms with Crippen LogP contribution in [-0.2, 0) is 11.2 Å². The largest absolute Gasteiger partial charge is 0.423 e. The Morgan fingerprint density at radius 3 is 1.97 bits per heavy atom. The van der Waals surface area contributed by atoms with E-state index in [1.165, 1.54) is 0 Å². The number of primary amides is 1. The predicted octanol–water partition coefficient (Wildman–Crippen LogP) is 2.90. The van der Waals surface area contributed by atoms with Crippen molar-refractivity contribution in [3.05, 3.63) is 71.3 Å². The number of carbonyl (C=O) groups excluding carboxylic acids is 2. The molecule has 0 saturated carbocycles. The average molecular weight is 585 g/mol. The highest BCUT2D eigenvalue weighted by atomic mass is 35.5. The van der Waals surface area contributed by atoms with Crippen LogP contribution in [0.3, 0.4) is 0 Å². The van der Waals surface area contributed by atoms with Crippen molar-refractivity contribution in [2.24, 2.45) is 17.2 Å². The number of nitrogens with two attached hydrogens (primary N) is 3. The van der Waals surface area contributed by atoms with Gasteiger partial charge in [-0.3, -0.25) is 15.6 Å². The molecule has 0 aliphatic rings. The lowest BCUT2D eigenvalue weighted by Gasteiger charge is -2.24. The number of hydrogen-bond acceptors (Lipinski definition) is 6. The number of likely N-dealkylation sites (N-methyl/N-ethyl adjacent to an activating group) is 1. The Labute approximate surface area is 239 Å². The van der Waals surface area contributed by atoms with E-state index in [1.807, 2.05) is 19.0 Å². The molecular formula is C25H32Cl3N7O3. The van der Waals surface area contributed by atoms with Crippen LogP contribution in [-0.4, -0.2) is 55.8 Å². The van der Waals surface area contributed by atoms with Gasteiger partial charge >= 0.3 is 5.97 Å². The molecule has 0 aliphatic heterocycles. The number of halogens is 3. The third-order valence-electron chi connectivity index (χ3n) is 5.43. The summed E-state index contributed by atoms with van der Waals surface area (Å²) in [6, 6.07) is 15.0. The smallest absolute Gasteiger partial charge is 0.343 e. The van der Waals surface area contributed by atoms with Crippen LogP contribution in [0.15, 0.2) is 54.6 Å². The Bertz CT molecular complexity index is 1300. The highest BCUT2D eigenvalue weighted by Gasteiger charge is 2.17. The van der Waals surface area contributed by atoms with Gasteiger partial charge in [0.15, 0.2) is 5.96 Å². The van der Waals surface area contributed by atoms with E-state index in [0.717, 1.165) is 5.39 Å². The van der Waals surface area contributed by atoms with Crippen molar-refractivity contribution in [1.29, 1.82) is 10.8 Å². The monoisotopic (exact) mass is 583 g/mol. The third-order valence-corrected chi connectivity index (χ3v) is 5.43. The Balaban J connectivity index is 0.00000456. The molecule has 0 atom stereocenters. The number of nitrogen functional groups attached to an aromatic ring is 1. The van der Waals surface area contributed by atoms with Gasteiger partial charge in [0.1, 0.15) is 11.6 Å². The summed E-state index contributed by atoms with van der Waals surface area (Å²) in [6.07, 6.45) is -0.127. The first-order valence-corrected chi connectivity index (χ1v) is 10.8. The number of esters is 1. The molecule has 10 nitrogen and oxygen atoms in total. The Kier molecular flexibility index (Phi) is 13.6. The minimum Gasteiger partial charge on any atom is -0.423 e. The molecule has 3 rings (SSSR count). The maximum Gasteiger partial charge on any atom is 0.343 e. The van der Waals surface area contributed by atoms with E-state index in [2.05, 4.69) is 0 Å². The van der Waals surface area contributed by atoms with Crippen molar-refractivity contribution >= 4 is 77.4 Å². The number of benzene rings is 3. The van der Waals surface area contributed by atoms with Gasteiger partial charge in [-0.05, 0) is 61.3 Å². The standard InChI is InChI=1S/C25H29N7O3.3ClH/c1-31(2)11-12-32(25(29)30)18-7-3-15(4-8-18)24(34)35-21-10-6-16-13-17(23(27)28)5-9-19(16)20(21)14-22(26)33;;;/h3-10,13H,11-12,14H2,1-2H3,(H2,26,33)(H3,27,28)(H3,29,30);3*1H. The Hall–Kier alpha value is -3.57. The second-order valence-corrected chi connectivity index (χ2v) is 8.31. The van der Waals surface area contributed by atoms with E-state index >= 15 is 0 Å². The second-order valence-electron chi connectivity index (χ2n) is 8.31. The van der Waals surface area contributed by atoms with Gasteiger partial charge in [-0.15, -0.1) is 37.2 Å². The van der Waals surface area contributed by atoms with E-state index in [-0.39, 0.29) is 61.2 Å². The minimum atomic E-state index is -0.607. The fraction of sp³-hybridized carbons (Fsp3) is 0.200. The zero-order valence-electron chi connectivity index (χ0n) is 20.9. The van der Waals surface area contributed by atoms with Crippen LogP contribution < -0.4 is 26.8 Å². The van der Waals surface area contributed by atoms with Gasteiger partial charge in [0.25, 0.3) is 0 Å². The van der Waals surface area contributed by atoms with Crippen molar-refractivity contribution in [1.82, 2.24) is 4.90 Å². The zero-order chi connectivity index (χ0) is 25.7. The number of hydrogen-bond donors (Lipinski definition) is 5. The van der Waals surface area contributed by atoms with Crippen molar-refractivity contribution < 1.29 is 14.3 Å². The number of amidine groups is 1. The van der Waals surface area contributed by atoms with Gasteiger partial charge in [0.05, 0.1) is 12.0 Å². The number of anilines is 1. The van der Waals surface area contributed by atoms with Crippen molar-refractivity contribution in [3.8, 4) is 5.75 Å². The summed E-state index contributed by atoms with van der Waals surface area (Å²) in [5.41, 5.74) is 18.7. The molecule has 0 spiro atoms. The maximum absolute atomic E-state index is 12.9. The third kappa shape index (κ3) is 8.49. The summed E-state index contributed by atoms with van der Waals surface area (Å²) in [5.74, 6) is -1.13. The molecule has 8 N–H and O–H groups in total. The van der Waals surface area contributed by atoms with Crippen molar-refractivity contribution in [2.75, 3.05) is 32.1 Å². The van der Waals surface area contributed by atoms with Gasteiger partial charge < -0.3 is 31.7 Å². The fourth-order valence-corrected chi connectivity index (χ4v) is 3.62. The van der Waals surface area contributed by atoms with E-state index in [0.29, 0.717) is 40.9 Å². The number of rotatable bonds is 9. The zero-order valence-corrected chi connectivity index (χ0v) is 23.3. The molecule has 0 aliphatic carbocycles. The van der Waals surface area contributed by atoms with Crippen LogP contribution in [0.4, 0.5) is 5.69 Å². The molecule has 0 radical (unpaired) electrons. The van der Waals surface area contributed by atoms with Gasteiger partial charge in [-0.25, -0.2) is 4.79 Å². The van der Waals surface area contributed by atoms with Gasteiger partial charge in [-0.2, -0.15) is 0 Å². The summed E-state index contributed by atoms with van der Waals surface area (Å²) in [5, 5.41) is 16.9. The van der Waals surface area contributed by atoms with Crippen LogP contribution in [0.1, 0.15) is 21.5 Å². The number of nitrogens with zero attached hydrogens (tertiary/aromatic N) is 2. The molecule has 0 bridgehead atoms. The number of guanidine groups is 1. The van der Waals surface area contributed by atoms with E-state index in [1.54, 1.807) is 59.5 Å². The van der Waals surface area contributed by atoms with Crippen molar-refractivity contribution in [2.45, 2.75) is 6.42 Å². The number of amides is 1. The average Bonchev–Trinajstić information content (AvgIpc) is 2.80. The summed E-state index contributed by atoms with van der Waals surface area (Å²) in [4.78, 5) is 28.3. The highest BCUT2D eigenvalue weighted by Crippen LogP contribution is 2.30. The molecule has 0 fully saturated rings. The lowest BCUT2D eigenvalue weighted by atomic mass is 9.98. The molecule has 3 aromatic rings. The SMILES string of the molecule is CN(C)CCN(C(=N)N)c1ccc(C(=O)Oc2ccc3cc(C(=N)N)ccc3c2CC(N)=O)cc1.Cl.Cl.Cl. The quantitative estimate of drug-likeness (QED) is 0.111. The molecule has 13 heteroatoms. The van der Waals surface area contributed by atoms with E-state index < -0.39 is 11.9 Å². The molecule has 3 aromatic carbocycles. The number of nitrogens with one attached hydrogen (secondary N) is 2. The fourth-order valence-electron chi connectivity index (χ4n) is 3.62. The molecule has 0 saturated heterocycles. The number of carbonyl (C=O) groups is 2. The van der Waals surface area contributed by atoms with E-state index in [4.69, 9.17) is 32.8 Å². The molecule has 0 aromatic heterocycles. The Morgan fingerprint density at radius 1 is 0.842 bits per heavy atom. The van der Waals surface area contributed by atoms with Gasteiger partial charge in [0.2, 0.25) is 5.91 Å². The van der Waals surface area contributed by atoms with Gasteiger partial charge in [-0.1, -0.05) is 18.2 Å². The molecule has 206 valence electrons. The number of ether oxygens (including phenoxy) is 1. The van der Waals surface area contributed by atoms with Crippen LogP contribution in [0, 0.1) is 10.8 Å². The van der Waals surface area contributed by atoms with Crippen LogP contribution in [0.2, 0.25) is 0 Å². The first-order valence-electron chi connectivity index (χ1n) is 10.8. The molecule has 0 heterocycles. The Morgan fingerprint density at radius 2 is 1.45 bits per heavy atom. The molecule has 38 heavy (non-hydrogen) atoms. The molecular weight excluding hydrogens is 553 g/mol. The summed E-state index contributed by atoms with van der Waals surface area (Å²) >= 11 is 0. The maximum atomic E-state index is 12.9. The normalized spacial score (nSPS) is 9.97. The summed E-state index contributed by atoms with van der Waals surface area (Å²) in [6.45, 7) is 1.22. The first kappa shape index (κ1) is 34.4. The summed E-state index contributed by atoms with van der Waals surface area (Å²) < 4.78 is 5.64. The van der Waals surface area contributed by atoms with Crippen LogP contribution in [0.25, 0.3) is 10.8 Å². The van der Waals surface area contributed by atoms with Crippen LogP contribution >= 0.6 is 37.2 Å². The van der Waals surface area contributed by atoms with E-state index in [9.17, 15) is 9.59 Å². The lowest BCUT2D eigenvalue weighted by Crippen LogP contribution is -2.40. The molecule has 1 amide bonds. The van der Waals surface area contributed by atoms with Gasteiger partial charge in [0, 0.05) is 29.9 Å². The highest BCUT2D eigenvalue weighted by molar-refractivity contribution is 6.01. The lowest BCUT2D eigenvalue weighted by molar-refractivity contribution is -0.117. The minimum absolute atomic E-state index is 0.